The first-order chi connectivity index (χ1) is 9.58. The van der Waals surface area contributed by atoms with Crippen molar-refractivity contribution >= 4 is 11.6 Å². The normalized spacial score (nSPS) is 11.9. The van der Waals surface area contributed by atoms with Crippen LogP contribution >= 0.6 is 0 Å². The number of unbranched alkanes of at least 4 members (excludes halogenated alkanes) is 3. The minimum atomic E-state index is -0.143. The molecule has 0 saturated carbocycles. The zero-order valence-corrected chi connectivity index (χ0v) is 12.7. The third-order valence-electron chi connectivity index (χ3n) is 3.29. The smallest absolute Gasteiger partial charge is 0.251 e. The highest BCUT2D eigenvalue weighted by atomic mass is 16.5. The van der Waals surface area contributed by atoms with E-state index in [4.69, 9.17) is 10.5 Å². The lowest BCUT2D eigenvalue weighted by Crippen LogP contribution is -2.18. The van der Waals surface area contributed by atoms with Gasteiger partial charge in [-0.25, -0.2) is 0 Å². The Hall–Kier alpha value is -1.71. The van der Waals surface area contributed by atoms with Crippen LogP contribution in [0.2, 0.25) is 0 Å². The van der Waals surface area contributed by atoms with Crippen LogP contribution in [0.15, 0.2) is 18.2 Å². The minimum absolute atomic E-state index is 0.139. The number of benzene rings is 1. The van der Waals surface area contributed by atoms with Gasteiger partial charge in [-0.15, -0.1) is 0 Å². The molecule has 4 heteroatoms. The molecule has 0 radical (unpaired) electrons. The fourth-order valence-corrected chi connectivity index (χ4v) is 2.08. The van der Waals surface area contributed by atoms with Crippen molar-refractivity contribution in [2.45, 2.75) is 52.1 Å². The molecule has 0 spiro atoms. The third kappa shape index (κ3) is 5.11. The van der Waals surface area contributed by atoms with Gasteiger partial charge in [-0.2, -0.15) is 0 Å². The molecule has 0 bridgehead atoms. The number of amides is 1. The predicted molar refractivity (Wildman–Crippen MR) is 83.1 cm³/mol. The number of hydrogen-bond donors (Lipinski definition) is 2. The average molecular weight is 278 g/mol. The fourth-order valence-electron chi connectivity index (χ4n) is 2.08. The van der Waals surface area contributed by atoms with Crippen molar-refractivity contribution in [3.05, 3.63) is 23.8 Å². The van der Waals surface area contributed by atoms with Gasteiger partial charge in [0.1, 0.15) is 5.75 Å². The Morgan fingerprint density at radius 2 is 2.10 bits per heavy atom. The van der Waals surface area contributed by atoms with Crippen molar-refractivity contribution in [1.29, 1.82) is 0 Å². The lowest BCUT2D eigenvalue weighted by atomic mass is 10.1. The Balaban J connectivity index is 2.53. The van der Waals surface area contributed by atoms with Crippen LogP contribution in [0.5, 0.6) is 5.75 Å². The standard InChI is InChI=1S/C16H26N2O2/c1-4-5-6-7-8-12(2)20-15-10-9-13(11-14(15)17)16(19)18-3/h9-12H,4-8,17H2,1-3H3,(H,18,19). The van der Waals surface area contributed by atoms with Crippen molar-refractivity contribution in [2.75, 3.05) is 12.8 Å². The van der Waals surface area contributed by atoms with Crippen molar-refractivity contribution in [2.24, 2.45) is 0 Å². The van der Waals surface area contributed by atoms with Gasteiger partial charge in [0.25, 0.3) is 5.91 Å². The monoisotopic (exact) mass is 278 g/mol. The number of ether oxygens (including phenoxy) is 1. The number of hydrogen-bond acceptors (Lipinski definition) is 3. The molecule has 1 aromatic rings. The molecular formula is C16H26N2O2. The fraction of sp³-hybridized carbons (Fsp3) is 0.562. The maximum atomic E-state index is 11.5. The molecule has 0 aromatic heterocycles. The van der Waals surface area contributed by atoms with Crippen molar-refractivity contribution in [3.8, 4) is 5.75 Å². The summed E-state index contributed by atoms with van der Waals surface area (Å²) in [6.07, 6.45) is 6.09. The molecule has 1 rings (SSSR count). The number of nitrogens with one attached hydrogen (secondary N) is 1. The van der Waals surface area contributed by atoms with Crippen molar-refractivity contribution < 1.29 is 9.53 Å². The molecule has 0 saturated heterocycles. The van der Waals surface area contributed by atoms with E-state index >= 15 is 0 Å². The first kappa shape index (κ1) is 16.3. The molecule has 1 unspecified atom stereocenters. The van der Waals surface area contributed by atoms with E-state index in [0.717, 1.165) is 6.42 Å². The van der Waals surface area contributed by atoms with E-state index < -0.39 is 0 Å². The van der Waals surface area contributed by atoms with Crippen LogP contribution in [0.25, 0.3) is 0 Å². The van der Waals surface area contributed by atoms with Gasteiger partial charge in [-0.3, -0.25) is 4.79 Å². The predicted octanol–water partition coefficient (Wildman–Crippen LogP) is 3.37. The zero-order valence-electron chi connectivity index (χ0n) is 12.7. The van der Waals surface area contributed by atoms with E-state index in [-0.39, 0.29) is 12.0 Å². The Morgan fingerprint density at radius 1 is 1.35 bits per heavy atom. The maximum absolute atomic E-state index is 11.5. The van der Waals surface area contributed by atoms with E-state index in [2.05, 4.69) is 19.2 Å². The molecule has 4 nitrogen and oxygen atoms in total. The second-order valence-corrected chi connectivity index (χ2v) is 5.11. The number of carbonyl (C=O) groups excluding carboxylic acids is 1. The first-order valence-corrected chi connectivity index (χ1v) is 7.36. The number of nitrogen functional groups attached to an aromatic ring is 1. The van der Waals surface area contributed by atoms with E-state index in [1.807, 2.05) is 0 Å². The minimum Gasteiger partial charge on any atom is -0.489 e. The third-order valence-corrected chi connectivity index (χ3v) is 3.29. The lowest BCUT2D eigenvalue weighted by molar-refractivity contribution is 0.0963. The highest BCUT2D eigenvalue weighted by molar-refractivity contribution is 5.95. The Morgan fingerprint density at radius 3 is 2.70 bits per heavy atom. The largest absolute Gasteiger partial charge is 0.489 e. The van der Waals surface area contributed by atoms with Gasteiger partial charge in [0.15, 0.2) is 0 Å². The van der Waals surface area contributed by atoms with Gasteiger partial charge >= 0.3 is 0 Å². The molecule has 0 heterocycles. The highest BCUT2D eigenvalue weighted by Crippen LogP contribution is 2.24. The number of rotatable bonds is 8. The van der Waals surface area contributed by atoms with Crippen LogP contribution in [0.4, 0.5) is 5.69 Å². The van der Waals surface area contributed by atoms with Crippen LogP contribution in [-0.4, -0.2) is 19.1 Å². The molecule has 0 fully saturated rings. The van der Waals surface area contributed by atoms with Gasteiger partial charge in [-0.1, -0.05) is 26.2 Å². The number of nitrogens with two attached hydrogens (primary N) is 1. The topological polar surface area (TPSA) is 64.3 Å². The summed E-state index contributed by atoms with van der Waals surface area (Å²) in [5.74, 6) is 0.511. The molecule has 0 aliphatic rings. The summed E-state index contributed by atoms with van der Waals surface area (Å²) in [5.41, 5.74) is 6.99. The molecular weight excluding hydrogens is 252 g/mol. The Labute approximate surface area is 121 Å². The van der Waals surface area contributed by atoms with Gasteiger partial charge < -0.3 is 15.8 Å². The highest BCUT2D eigenvalue weighted by Gasteiger charge is 2.10. The zero-order chi connectivity index (χ0) is 15.0. The number of anilines is 1. The second kappa shape index (κ2) is 8.46. The van der Waals surface area contributed by atoms with E-state index in [1.165, 1.54) is 25.7 Å². The van der Waals surface area contributed by atoms with E-state index in [9.17, 15) is 4.79 Å². The molecule has 20 heavy (non-hydrogen) atoms. The molecule has 3 N–H and O–H groups in total. The summed E-state index contributed by atoms with van der Waals surface area (Å²) < 4.78 is 5.84. The maximum Gasteiger partial charge on any atom is 0.251 e. The Bertz CT molecular complexity index is 432. The van der Waals surface area contributed by atoms with Crippen LogP contribution in [-0.2, 0) is 0 Å². The summed E-state index contributed by atoms with van der Waals surface area (Å²) in [6.45, 7) is 4.26. The molecule has 0 aliphatic heterocycles. The van der Waals surface area contributed by atoms with Crippen LogP contribution in [0.1, 0.15) is 56.3 Å². The first-order valence-electron chi connectivity index (χ1n) is 7.36. The molecule has 0 aliphatic carbocycles. The second-order valence-electron chi connectivity index (χ2n) is 5.11. The summed E-state index contributed by atoms with van der Waals surface area (Å²) in [5, 5.41) is 2.57. The summed E-state index contributed by atoms with van der Waals surface area (Å²) in [6, 6.07) is 5.15. The van der Waals surface area contributed by atoms with E-state index in [0.29, 0.717) is 17.0 Å². The van der Waals surface area contributed by atoms with Crippen LogP contribution in [0.3, 0.4) is 0 Å². The molecule has 1 amide bonds. The van der Waals surface area contributed by atoms with Gasteiger partial charge in [-0.05, 0) is 38.0 Å². The number of carbonyl (C=O) groups is 1. The van der Waals surface area contributed by atoms with Crippen molar-refractivity contribution in [1.82, 2.24) is 5.32 Å². The summed E-state index contributed by atoms with van der Waals surface area (Å²) in [7, 11) is 1.60. The SMILES string of the molecule is CCCCCCC(C)Oc1ccc(C(=O)NC)cc1N. The average Bonchev–Trinajstić information content (AvgIpc) is 2.45. The molecule has 112 valence electrons. The van der Waals surface area contributed by atoms with Gasteiger partial charge in [0, 0.05) is 12.6 Å². The quantitative estimate of drug-likeness (QED) is 0.566. The lowest BCUT2D eigenvalue weighted by Gasteiger charge is -2.16. The molecule has 1 atom stereocenters. The van der Waals surface area contributed by atoms with Crippen LogP contribution in [0, 0.1) is 0 Å². The Kier molecular flexibility index (Phi) is 6.91. The summed E-state index contributed by atoms with van der Waals surface area (Å²) >= 11 is 0. The van der Waals surface area contributed by atoms with Gasteiger partial charge in [0.05, 0.1) is 11.8 Å². The van der Waals surface area contributed by atoms with Crippen molar-refractivity contribution in [3.63, 3.8) is 0 Å². The summed E-state index contributed by atoms with van der Waals surface area (Å²) in [4.78, 5) is 11.5. The van der Waals surface area contributed by atoms with Gasteiger partial charge in [0.2, 0.25) is 0 Å². The molecule has 1 aromatic carbocycles. The van der Waals surface area contributed by atoms with E-state index in [1.54, 1.807) is 25.2 Å². The van der Waals surface area contributed by atoms with Crippen LogP contribution < -0.4 is 15.8 Å².